The summed E-state index contributed by atoms with van der Waals surface area (Å²) in [7, 11) is 0. The lowest BCUT2D eigenvalue weighted by Gasteiger charge is -2.42. The summed E-state index contributed by atoms with van der Waals surface area (Å²) in [6.45, 7) is 5.83. The number of aromatic nitrogens is 1. The van der Waals surface area contributed by atoms with E-state index in [0.717, 1.165) is 44.4 Å². The number of ether oxygens (including phenoxy) is 1. The average molecular weight is 425 g/mol. The standard InChI is InChI=1S/C17H28N4O2S.2ClH/c18-10-15-20-14(11-24-15)16(22)19-12-17(4-2-1-3-5-17)13-21-6-8-23-9-7-21;;/h11H,1-10,12-13,18H2,(H,19,22);2*1H. The van der Waals surface area contributed by atoms with Gasteiger partial charge in [-0.3, -0.25) is 9.69 Å². The number of hydrogen-bond acceptors (Lipinski definition) is 6. The number of carbonyl (C=O) groups is 1. The first-order valence-electron chi connectivity index (χ1n) is 8.94. The van der Waals surface area contributed by atoms with Crippen molar-refractivity contribution in [1.29, 1.82) is 0 Å². The Balaban J connectivity index is 0.00000169. The van der Waals surface area contributed by atoms with Crippen LogP contribution in [0.5, 0.6) is 0 Å². The van der Waals surface area contributed by atoms with Gasteiger partial charge in [0.1, 0.15) is 10.7 Å². The molecule has 150 valence electrons. The summed E-state index contributed by atoms with van der Waals surface area (Å²) in [4.78, 5) is 19.2. The molecule has 0 aromatic carbocycles. The van der Waals surface area contributed by atoms with Crippen LogP contribution in [0.3, 0.4) is 0 Å². The van der Waals surface area contributed by atoms with Gasteiger partial charge in [0.05, 0.1) is 13.2 Å². The van der Waals surface area contributed by atoms with Gasteiger partial charge < -0.3 is 15.8 Å². The molecule has 3 rings (SSSR count). The normalized spacial score (nSPS) is 19.9. The molecule has 2 aliphatic rings. The van der Waals surface area contributed by atoms with Crippen LogP contribution >= 0.6 is 36.2 Å². The molecule has 1 amide bonds. The Labute approximate surface area is 172 Å². The molecule has 1 aromatic rings. The SMILES string of the molecule is Cl.Cl.NCc1nc(C(=O)NCC2(CN3CCOCC3)CCCCC2)cs1. The van der Waals surface area contributed by atoms with E-state index in [1.54, 1.807) is 5.38 Å². The topological polar surface area (TPSA) is 80.5 Å². The summed E-state index contributed by atoms with van der Waals surface area (Å²) in [5.74, 6) is -0.0714. The number of thiazole rings is 1. The van der Waals surface area contributed by atoms with Crippen molar-refractivity contribution in [3.63, 3.8) is 0 Å². The molecule has 1 aliphatic heterocycles. The summed E-state index contributed by atoms with van der Waals surface area (Å²) in [5, 5.41) is 5.75. The van der Waals surface area contributed by atoms with E-state index in [-0.39, 0.29) is 36.1 Å². The molecule has 0 radical (unpaired) electrons. The molecule has 9 heteroatoms. The van der Waals surface area contributed by atoms with E-state index in [1.165, 1.54) is 43.4 Å². The van der Waals surface area contributed by atoms with E-state index in [4.69, 9.17) is 10.5 Å². The quantitative estimate of drug-likeness (QED) is 0.732. The van der Waals surface area contributed by atoms with Crippen molar-refractivity contribution in [2.75, 3.05) is 39.4 Å². The number of amides is 1. The third kappa shape index (κ3) is 6.32. The van der Waals surface area contributed by atoms with Crippen LogP contribution in [-0.4, -0.2) is 55.2 Å². The van der Waals surface area contributed by atoms with Gasteiger partial charge >= 0.3 is 0 Å². The van der Waals surface area contributed by atoms with Crippen LogP contribution in [0.15, 0.2) is 5.38 Å². The summed E-state index contributed by atoms with van der Waals surface area (Å²) in [5.41, 5.74) is 6.27. The molecule has 1 aromatic heterocycles. The third-order valence-corrected chi connectivity index (χ3v) is 6.03. The van der Waals surface area contributed by atoms with E-state index in [1.807, 2.05) is 0 Å². The molecular formula is C17H30Cl2N4O2S. The number of halogens is 2. The molecular weight excluding hydrogens is 395 g/mol. The van der Waals surface area contributed by atoms with Gasteiger partial charge in [0, 0.05) is 43.5 Å². The smallest absolute Gasteiger partial charge is 0.270 e. The van der Waals surface area contributed by atoms with Crippen LogP contribution in [0, 0.1) is 5.41 Å². The van der Waals surface area contributed by atoms with Crippen LogP contribution in [0.2, 0.25) is 0 Å². The summed E-state index contributed by atoms with van der Waals surface area (Å²) < 4.78 is 5.46. The monoisotopic (exact) mass is 424 g/mol. The minimum Gasteiger partial charge on any atom is -0.379 e. The number of morpholine rings is 1. The van der Waals surface area contributed by atoms with Crippen molar-refractivity contribution in [3.05, 3.63) is 16.1 Å². The zero-order chi connectivity index (χ0) is 16.8. The second kappa shape index (κ2) is 11.4. The van der Waals surface area contributed by atoms with Gasteiger partial charge in [0.2, 0.25) is 0 Å². The minimum absolute atomic E-state index is 0. The van der Waals surface area contributed by atoms with Crippen molar-refractivity contribution >= 4 is 42.1 Å². The Kier molecular flexibility index (Phi) is 10.4. The van der Waals surface area contributed by atoms with Gasteiger partial charge in [-0.15, -0.1) is 36.2 Å². The number of carbonyl (C=O) groups excluding carboxylic acids is 1. The first-order chi connectivity index (χ1) is 11.7. The fourth-order valence-electron chi connectivity index (χ4n) is 3.79. The number of nitrogens with two attached hydrogens (primary N) is 1. The Morgan fingerprint density at radius 2 is 1.96 bits per heavy atom. The lowest BCUT2D eigenvalue weighted by molar-refractivity contribution is 0.00727. The summed E-state index contributed by atoms with van der Waals surface area (Å²) >= 11 is 1.45. The van der Waals surface area contributed by atoms with Crippen LogP contribution < -0.4 is 11.1 Å². The second-order valence-electron chi connectivity index (χ2n) is 6.96. The molecule has 1 saturated carbocycles. The van der Waals surface area contributed by atoms with E-state index in [0.29, 0.717) is 12.2 Å². The Bertz CT molecular complexity index is 547. The maximum Gasteiger partial charge on any atom is 0.270 e. The third-order valence-electron chi connectivity index (χ3n) is 5.16. The zero-order valence-electron chi connectivity index (χ0n) is 15.1. The van der Waals surface area contributed by atoms with Crippen LogP contribution in [0.4, 0.5) is 0 Å². The van der Waals surface area contributed by atoms with E-state index in [9.17, 15) is 4.79 Å². The molecule has 2 heterocycles. The zero-order valence-corrected chi connectivity index (χ0v) is 17.5. The van der Waals surface area contributed by atoms with E-state index >= 15 is 0 Å². The molecule has 1 saturated heterocycles. The van der Waals surface area contributed by atoms with Crippen molar-refractivity contribution in [1.82, 2.24) is 15.2 Å². The first-order valence-corrected chi connectivity index (χ1v) is 9.82. The van der Waals surface area contributed by atoms with Gasteiger partial charge in [0.15, 0.2) is 0 Å². The predicted octanol–water partition coefficient (Wildman–Crippen LogP) is 2.46. The summed E-state index contributed by atoms with van der Waals surface area (Å²) in [6.07, 6.45) is 6.21. The summed E-state index contributed by atoms with van der Waals surface area (Å²) in [6, 6.07) is 0. The van der Waals surface area contributed by atoms with Gasteiger partial charge in [-0.2, -0.15) is 0 Å². The number of nitrogens with zero attached hydrogens (tertiary/aromatic N) is 2. The molecule has 0 atom stereocenters. The largest absolute Gasteiger partial charge is 0.379 e. The Morgan fingerprint density at radius 1 is 1.27 bits per heavy atom. The lowest BCUT2D eigenvalue weighted by atomic mass is 9.73. The van der Waals surface area contributed by atoms with Gasteiger partial charge in [-0.25, -0.2) is 4.98 Å². The highest BCUT2D eigenvalue weighted by Gasteiger charge is 2.35. The van der Waals surface area contributed by atoms with Crippen LogP contribution in [0.25, 0.3) is 0 Å². The van der Waals surface area contributed by atoms with Crippen molar-refractivity contribution in [3.8, 4) is 0 Å². The van der Waals surface area contributed by atoms with Crippen LogP contribution in [-0.2, 0) is 11.3 Å². The van der Waals surface area contributed by atoms with E-state index < -0.39 is 0 Å². The van der Waals surface area contributed by atoms with Gasteiger partial charge in [-0.1, -0.05) is 19.3 Å². The second-order valence-corrected chi connectivity index (χ2v) is 7.91. The molecule has 2 fully saturated rings. The Hall–Kier alpha value is -0.440. The van der Waals surface area contributed by atoms with Gasteiger partial charge in [0.25, 0.3) is 5.91 Å². The highest BCUT2D eigenvalue weighted by molar-refractivity contribution is 7.09. The number of nitrogens with one attached hydrogen (secondary N) is 1. The number of rotatable bonds is 6. The van der Waals surface area contributed by atoms with Crippen molar-refractivity contribution < 1.29 is 9.53 Å². The number of hydrogen-bond donors (Lipinski definition) is 2. The lowest BCUT2D eigenvalue weighted by Crippen LogP contribution is -2.49. The van der Waals surface area contributed by atoms with E-state index in [2.05, 4.69) is 15.2 Å². The highest BCUT2D eigenvalue weighted by Crippen LogP contribution is 2.36. The van der Waals surface area contributed by atoms with Crippen molar-refractivity contribution in [2.45, 2.75) is 38.6 Å². The predicted molar refractivity (Wildman–Crippen MR) is 110 cm³/mol. The molecule has 0 unspecified atom stereocenters. The van der Waals surface area contributed by atoms with Crippen LogP contribution in [0.1, 0.15) is 47.6 Å². The molecule has 0 bridgehead atoms. The average Bonchev–Trinajstić information content (AvgIpc) is 3.11. The maximum absolute atomic E-state index is 12.4. The first kappa shape index (κ1) is 23.6. The highest BCUT2D eigenvalue weighted by atomic mass is 35.5. The minimum atomic E-state index is -0.0714. The fraction of sp³-hybridized carbons (Fsp3) is 0.765. The molecule has 3 N–H and O–H groups in total. The fourth-order valence-corrected chi connectivity index (χ4v) is 4.45. The molecule has 1 aliphatic carbocycles. The van der Waals surface area contributed by atoms with Gasteiger partial charge in [-0.05, 0) is 12.8 Å². The molecule has 26 heavy (non-hydrogen) atoms. The maximum atomic E-state index is 12.4. The van der Waals surface area contributed by atoms with Crippen molar-refractivity contribution in [2.24, 2.45) is 11.1 Å². The Morgan fingerprint density at radius 3 is 2.58 bits per heavy atom. The molecule has 0 spiro atoms. The molecule has 6 nitrogen and oxygen atoms in total.